The number of H-pyrrole nitrogens is 1. The van der Waals surface area contributed by atoms with E-state index in [-0.39, 0.29) is 17.9 Å². The zero-order valence-corrected chi connectivity index (χ0v) is 15.5. The lowest BCUT2D eigenvalue weighted by Crippen LogP contribution is -2.27. The van der Waals surface area contributed by atoms with Gasteiger partial charge >= 0.3 is 6.18 Å². The molecule has 29 heavy (non-hydrogen) atoms. The number of para-hydroxylation sites is 1. The normalized spacial score (nSPS) is 12.0. The van der Waals surface area contributed by atoms with E-state index in [1.54, 1.807) is 42.2 Å². The first-order valence-corrected chi connectivity index (χ1v) is 8.80. The van der Waals surface area contributed by atoms with Gasteiger partial charge in [-0.05, 0) is 26.0 Å². The Bertz CT molecular complexity index is 1260. The molecule has 4 rings (SSSR count). The summed E-state index contributed by atoms with van der Waals surface area (Å²) in [6, 6.07) is 8.54. The van der Waals surface area contributed by atoms with Crippen molar-refractivity contribution in [3.05, 3.63) is 58.0 Å². The van der Waals surface area contributed by atoms with E-state index in [1.807, 2.05) is 6.92 Å². The molecule has 0 aliphatic heterocycles. The van der Waals surface area contributed by atoms with Gasteiger partial charge in [-0.1, -0.05) is 12.1 Å². The minimum atomic E-state index is -4.68. The predicted octanol–water partition coefficient (Wildman–Crippen LogP) is 2.71. The molecule has 4 aromatic rings. The molecule has 150 valence electrons. The summed E-state index contributed by atoms with van der Waals surface area (Å²) in [5, 5.41) is 4.05. The second-order valence-electron chi connectivity index (χ2n) is 6.44. The van der Waals surface area contributed by atoms with E-state index in [0.29, 0.717) is 34.8 Å². The summed E-state index contributed by atoms with van der Waals surface area (Å²) >= 11 is 0. The van der Waals surface area contributed by atoms with Crippen LogP contribution in [0.25, 0.3) is 16.7 Å². The summed E-state index contributed by atoms with van der Waals surface area (Å²) in [6.45, 7) is 4.09. The van der Waals surface area contributed by atoms with Gasteiger partial charge in [-0.2, -0.15) is 22.7 Å². The SMILES string of the molecule is CCN(Cc1nc2ccccc2c(=O)[nH]1)c1cc(C)nc2nc(C(F)(F)F)nn12. The van der Waals surface area contributed by atoms with Gasteiger partial charge in [-0.25, -0.2) is 9.97 Å². The molecule has 0 atom stereocenters. The molecule has 1 N–H and O–H groups in total. The lowest BCUT2D eigenvalue weighted by Gasteiger charge is -2.23. The lowest BCUT2D eigenvalue weighted by atomic mass is 10.2. The number of aromatic nitrogens is 6. The van der Waals surface area contributed by atoms with Crippen LogP contribution in [0.4, 0.5) is 19.0 Å². The van der Waals surface area contributed by atoms with Crippen LogP contribution in [-0.4, -0.2) is 36.1 Å². The molecule has 3 aromatic heterocycles. The molecule has 8 nitrogen and oxygen atoms in total. The van der Waals surface area contributed by atoms with Gasteiger partial charge in [0.15, 0.2) is 0 Å². The van der Waals surface area contributed by atoms with Crippen molar-refractivity contribution in [3.63, 3.8) is 0 Å². The van der Waals surface area contributed by atoms with Gasteiger partial charge < -0.3 is 9.88 Å². The highest BCUT2D eigenvalue weighted by atomic mass is 19.4. The molecule has 11 heteroatoms. The molecule has 1 aromatic carbocycles. The Morgan fingerprint density at radius 1 is 1.17 bits per heavy atom. The summed E-state index contributed by atoms with van der Waals surface area (Å²) in [5.41, 5.74) is 0.753. The monoisotopic (exact) mass is 403 g/mol. The van der Waals surface area contributed by atoms with Gasteiger partial charge in [-0.3, -0.25) is 4.79 Å². The van der Waals surface area contributed by atoms with Crippen LogP contribution >= 0.6 is 0 Å². The van der Waals surface area contributed by atoms with Crippen molar-refractivity contribution < 1.29 is 13.2 Å². The molecular formula is C18H16F3N7O. The predicted molar refractivity (Wildman–Crippen MR) is 99.6 cm³/mol. The highest BCUT2D eigenvalue weighted by molar-refractivity contribution is 5.77. The Hall–Kier alpha value is -3.50. The van der Waals surface area contributed by atoms with Gasteiger partial charge in [-0.15, -0.1) is 5.10 Å². The Labute approximate surface area is 162 Å². The maximum absolute atomic E-state index is 13.1. The van der Waals surface area contributed by atoms with Crippen molar-refractivity contribution in [1.29, 1.82) is 0 Å². The van der Waals surface area contributed by atoms with Crippen LogP contribution in [0, 0.1) is 6.92 Å². The Balaban J connectivity index is 1.79. The van der Waals surface area contributed by atoms with Crippen LogP contribution in [0.2, 0.25) is 0 Å². The Kier molecular flexibility index (Phi) is 4.44. The van der Waals surface area contributed by atoms with E-state index in [1.165, 1.54) is 0 Å². The number of halogens is 3. The van der Waals surface area contributed by atoms with Crippen LogP contribution in [-0.2, 0) is 12.7 Å². The third kappa shape index (κ3) is 3.50. The average molecular weight is 403 g/mol. The number of hydrogen-bond acceptors (Lipinski definition) is 6. The van der Waals surface area contributed by atoms with Crippen molar-refractivity contribution in [2.75, 3.05) is 11.4 Å². The molecular weight excluding hydrogens is 387 g/mol. The van der Waals surface area contributed by atoms with E-state index in [4.69, 9.17) is 0 Å². The molecule has 0 unspecified atom stereocenters. The molecule has 0 fully saturated rings. The van der Waals surface area contributed by atoms with Gasteiger partial charge in [0.05, 0.1) is 17.4 Å². The van der Waals surface area contributed by atoms with Crippen molar-refractivity contribution >= 4 is 22.5 Å². The second kappa shape index (κ2) is 6.83. The fourth-order valence-electron chi connectivity index (χ4n) is 3.06. The zero-order chi connectivity index (χ0) is 20.8. The van der Waals surface area contributed by atoms with E-state index in [0.717, 1.165) is 4.52 Å². The van der Waals surface area contributed by atoms with Crippen LogP contribution in [0.5, 0.6) is 0 Å². The molecule has 0 saturated carbocycles. The number of nitrogens with zero attached hydrogens (tertiary/aromatic N) is 6. The van der Waals surface area contributed by atoms with Crippen molar-refractivity contribution in [2.24, 2.45) is 0 Å². The molecule has 3 heterocycles. The maximum Gasteiger partial charge on any atom is 0.453 e. The largest absolute Gasteiger partial charge is 0.453 e. The number of nitrogens with one attached hydrogen (secondary N) is 1. The second-order valence-corrected chi connectivity index (χ2v) is 6.44. The van der Waals surface area contributed by atoms with E-state index in [9.17, 15) is 18.0 Å². The zero-order valence-electron chi connectivity index (χ0n) is 15.5. The number of aromatic amines is 1. The first kappa shape index (κ1) is 18.8. The van der Waals surface area contributed by atoms with Crippen molar-refractivity contribution in [1.82, 2.24) is 29.5 Å². The van der Waals surface area contributed by atoms with Crippen molar-refractivity contribution in [2.45, 2.75) is 26.6 Å². The fourth-order valence-corrected chi connectivity index (χ4v) is 3.06. The quantitative estimate of drug-likeness (QED) is 0.563. The van der Waals surface area contributed by atoms with Gasteiger partial charge in [0.2, 0.25) is 0 Å². The Morgan fingerprint density at radius 2 is 1.93 bits per heavy atom. The minimum Gasteiger partial charge on any atom is -0.349 e. The fraction of sp³-hybridized carbons (Fsp3) is 0.278. The van der Waals surface area contributed by atoms with Crippen molar-refractivity contribution in [3.8, 4) is 0 Å². The smallest absolute Gasteiger partial charge is 0.349 e. The summed E-state index contributed by atoms with van der Waals surface area (Å²) in [4.78, 5) is 28.8. The molecule has 0 aliphatic carbocycles. The molecule has 0 spiro atoms. The van der Waals surface area contributed by atoms with E-state index >= 15 is 0 Å². The molecule has 0 aliphatic rings. The number of fused-ring (bicyclic) bond motifs is 2. The number of benzene rings is 1. The molecule has 0 amide bonds. The van der Waals surface area contributed by atoms with Crippen LogP contribution in [0.3, 0.4) is 0 Å². The number of aryl methyl sites for hydroxylation is 1. The standard InChI is InChI=1S/C18H16F3N7O/c1-3-27(9-13-23-12-7-5-4-6-11(12)15(29)24-13)14-8-10(2)22-17-25-16(18(19,20)21)26-28(14)17/h4-8H,3,9H2,1-2H3,(H,23,24,29). The first-order valence-electron chi connectivity index (χ1n) is 8.80. The maximum atomic E-state index is 13.1. The summed E-state index contributed by atoms with van der Waals surface area (Å²) < 4.78 is 40.2. The minimum absolute atomic E-state index is 0.147. The summed E-state index contributed by atoms with van der Waals surface area (Å²) in [7, 11) is 0. The number of alkyl halides is 3. The average Bonchev–Trinajstić information content (AvgIpc) is 3.10. The highest BCUT2D eigenvalue weighted by Gasteiger charge is 2.37. The van der Waals surface area contributed by atoms with Crippen LogP contribution in [0.15, 0.2) is 35.1 Å². The van der Waals surface area contributed by atoms with E-state index in [2.05, 4.69) is 25.0 Å². The third-order valence-corrected chi connectivity index (χ3v) is 4.38. The van der Waals surface area contributed by atoms with E-state index < -0.39 is 12.0 Å². The van der Waals surface area contributed by atoms with Crippen LogP contribution in [0.1, 0.15) is 24.3 Å². The summed E-state index contributed by atoms with van der Waals surface area (Å²) in [5.74, 6) is -0.654. The molecule has 0 saturated heterocycles. The molecule has 0 radical (unpaired) electrons. The Morgan fingerprint density at radius 3 is 2.66 bits per heavy atom. The number of rotatable bonds is 4. The first-order chi connectivity index (χ1) is 13.8. The molecule has 0 bridgehead atoms. The van der Waals surface area contributed by atoms with Crippen LogP contribution < -0.4 is 10.5 Å². The lowest BCUT2D eigenvalue weighted by molar-refractivity contribution is -0.144. The van der Waals surface area contributed by atoms with Gasteiger partial charge in [0.1, 0.15) is 11.6 Å². The topological polar surface area (TPSA) is 92.1 Å². The number of hydrogen-bond donors (Lipinski definition) is 1. The summed E-state index contributed by atoms with van der Waals surface area (Å²) in [6.07, 6.45) is -4.68. The van der Waals surface area contributed by atoms with Gasteiger partial charge in [0.25, 0.3) is 17.2 Å². The number of anilines is 1. The van der Waals surface area contributed by atoms with Gasteiger partial charge in [0, 0.05) is 18.3 Å². The third-order valence-electron chi connectivity index (χ3n) is 4.38. The highest BCUT2D eigenvalue weighted by Crippen LogP contribution is 2.28.